The molecule has 0 saturated heterocycles. The van der Waals surface area contributed by atoms with Crippen molar-refractivity contribution in [1.82, 2.24) is 4.31 Å². The minimum Gasteiger partial charge on any atom is -0.492 e. The number of nitrogen functional groups attached to an aromatic ring is 1. The van der Waals surface area contributed by atoms with E-state index in [0.717, 1.165) is 0 Å². The van der Waals surface area contributed by atoms with E-state index in [0.29, 0.717) is 24.5 Å². The van der Waals surface area contributed by atoms with Crippen LogP contribution in [0, 0.1) is 0 Å². The van der Waals surface area contributed by atoms with Crippen molar-refractivity contribution in [1.29, 1.82) is 0 Å². The highest BCUT2D eigenvalue weighted by Gasteiger charge is 2.29. The number of nitrogens with two attached hydrogens (primary N) is 1. The maximum absolute atomic E-state index is 12.8. The number of anilines is 1. The summed E-state index contributed by atoms with van der Waals surface area (Å²) in [7, 11) is -3.73. The number of aliphatic hydroxyl groups excluding tert-OH is 1. The van der Waals surface area contributed by atoms with Gasteiger partial charge in [0.25, 0.3) is 0 Å². The largest absolute Gasteiger partial charge is 0.492 e. The van der Waals surface area contributed by atoms with Gasteiger partial charge in [0.15, 0.2) is 0 Å². The number of ether oxygens (including phenoxy) is 1. The summed E-state index contributed by atoms with van der Waals surface area (Å²) in [4.78, 5) is 0.0657. The van der Waals surface area contributed by atoms with E-state index in [1.807, 2.05) is 0 Å². The molecule has 6 nitrogen and oxygen atoms in total. The Morgan fingerprint density at radius 1 is 1.38 bits per heavy atom. The first kappa shape index (κ1) is 17.7. The lowest BCUT2D eigenvalue weighted by molar-refractivity contribution is 0.257. The van der Waals surface area contributed by atoms with Gasteiger partial charge in [-0.15, -0.1) is 0 Å². The van der Waals surface area contributed by atoms with Crippen LogP contribution in [0.1, 0.15) is 27.2 Å². The van der Waals surface area contributed by atoms with E-state index >= 15 is 0 Å². The molecule has 0 aromatic heterocycles. The van der Waals surface area contributed by atoms with Crippen molar-refractivity contribution in [3.05, 3.63) is 18.2 Å². The molecule has 0 fully saturated rings. The quantitative estimate of drug-likeness (QED) is 0.708. The van der Waals surface area contributed by atoms with Crippen molar-refractivity contribution in [3.8, 4) is 5.75 Å². The highest BCUT2D eigenvalue weighted by molar-refractivity contribution is 7.89. The normalized spacial score (nSPS) is 12.1. The van der Waals surface area contributed by atoms with Crippen LogP contribution in [0.25, 0.3) is 0 Å². The first-order chi connectivity index (χ1) is 9.84. The third-order valence-electron chi connectivity index (χ3n) is 2.97. The fourth-order valence-electron chi connectivity index (χ4n) is 2.01. The van der Waals surface area contributed by atoms with Crippen LogP contribution in [-0.2, 0) is 10.0 Å². The molecule has 0 bridgehead atoms. The smallest absolute Gasteiger partial charge is 0.247 e. The van der Waals surface area contributed by atoms with Gasteiger partial charge in [0.05, 0.1) is 6.61 Å². The number of nitrogens with zero attached hydrogens (tertiary/aromatic N) is 1. The molecule has 0 aliphatic heterocycles. The molecule has 0 aliphatic carbocycles. The van der Waals surface area contributed by atoms with E-state index in [1.165, 1.54) is 10.4 Å². The van der Waals surface area contributed by atoms with Crippen LogP contribution in [-0.4, -0.2) is 43.6 Å². The zero-order valence-corrected chi connectivity index (χ0v) is 13.6. The third-order valence-corrected chi connectivity index (χ3v) is 5.06. The summed E-state index contributed by atoms with van der Waals surface area (Å²) < 4.78 is 32.4. The summed E-state index contributed by atoms with van der Waals surface area (Å²) in [5.74, 6) is 0.293. The van der Waals surface area contributed by atoms with Crippen molar-refractivity contribution in [2.24, 2.45) is 0 Å². The maximum Gasteiger partial charge on any atom is 0.247 e. The zero-order chi connectivity index (χ0) is 16.0. The Hall–Kier alpha value is -1.31. The van der Waals surface area contributed by atoms with E-state index in [9.17, 15) is 8.42 Å². The van der Waals surface area contributed by atoms with Crippen molar-refractivity contribution < 1.29 is 18.3 Å². The van der Waals surface area contributed by atoms with Gasteiger partial charge in [-0.1, -0.05) is 0 Å². The van der Waals surface area contributed by atoms with Crippen molar-refractivity contribution in [2.75, 3.05) is 25.5 Å². The van der Waals surface area contributed by atoms with Gasteiger partial charge in [-0.2, -0.15) is 4.31 Å². The highest BCUT2D eigenvalue weighted by atomic mass is 32.2. The minimum absolute atomic E-state index is 0.0615. The van der Waals surface area contributed by atoms with E-state index in [2.05, 4.69) is 0 Å². The standard InChI is InChI=1S/C14H24N2O4S/c1-4-20-13-7-6-12(15)10-14(13)21(18,19)16(11(2)3)8-5-9-17/h6-7,10-11,17H,4-5,8-9,15H2,1-3H3. The molecule has 3 N–H and O–H groups in total. The number of hydrogen-bond donors (Lipinski definition) is 2. The molecule has 120 valence electrons. The predicted octanol–water partition coefficient (Wildman–Crippen LogP) is 1.45. The van der Waals surface area contributed by atoms with Gasteiger partial charge >= 0.3 is 0 Å². The molecule has 0 amide bonds. The van der Waals surface area contributed by atoms with Gasteiger partial charge < -0.3 is 15.6 Å². The van der Waals surface area contributed by atoms with Gasteiger partial charge in [0, 0.05) is 24.9 Å². The van der Waals surface area contributed by atoms with Crippen LogP contribution in [0.2, 0.25) is 0 Å². The second-order valence-electron chi connectivity index (χ2n) is 4.93. The van der Waals surface area contributed by atoms with Crippen molar-refractivity contribution in [3.63, 3.8) is 0 Å². The van der Waals surface area contributed by atoms with Gasteiger partial charge in [0.1, 0.15) is 10.6 Å². The maximum atomic E-state index is 12.8. The van der Waals surface area contributed by atoms with Crippen LogP contribution in [0.4, 0.5) is 5.69 Å². The molecular formula is C14H24N2O4S. The van der Waals surface area contributed by atoms with Crippen LogP contribution < -0.4 is 10.5 Å². The van der Waals surface area contributed by atoms with Gasteiger partial charge in [-0.25, -0.2) is 8.42 Å². The van der Waals surface area contributed by atoms with E-state index in [-0.39, 0.29) is 24.1 Å². The molecule has 0 radical (unpaired) electrons. The Kier molecular flexibility index (Phi) is 6.44. The minimum atomic E-state index is -3.73. The van der Waals surface area contributed by atoms with Gasteiger partial charge in [-0.3, -0.25) is 0 Å². The molecular weight excluding hydrogens is 292 g/mol. The molecule has 1 aromatic rings. The second kappa shape index (κ2) is 7.63. The molecule has 0 spiro atoms. The summed E-state index contributed by atoms with van der Waals surface area (Å²) >= 11 is 0. The number of sulfonamides is 1. The molecule has 1 aromatic carbocycles. The second-order valence-corrected chi connectivity index (χ2v) is 6.78. The van der Waals surface area contributed by atoms with Crippen LogP contribution >= 0.6 is 0 Å². The monoisotopic (exact) mass is 316 g/mol. The molecule has 0 unspecified atom stereocenters. The topological polar surface area (TPSA) is 92.9 Å². The number of hydrogen-bond acceptors (Lipinski definition) is 5. The lowest BCUT2D eigenvalue weighted by atomic mass is 10.3. The molecule has 1 rings (SSSR count). The summed E-state index contributed by atoms with van der Waals surface area (Å²) in [5.41, 5.74) is 6.08. The summed E-state index contributed by atoms with van der Waals surface area (Å²) in [6.45, 7) is 5.93. The summed E-state index contributed by atoms with van der Waals surface area (Å²) in [6.07, 6.45) is 0.379. The van der Waals surface area contributed by atoms with Gasteiger partial charge in [-0.05, 0) is 45.4 Å². The Bertz CT molecular complexity index is 558. The molecule has 0 atom stereocenters. The Morgan fingerprint density at radius 3 is 2.57 bits per heavy atom. The average molecular weight is 316 g/mol. The molecule has 0 heterocycles. The fraction of sp³-hybridized carbons (Fsp3) is 0.571. The Balaban J connectivity index is 3.29. The Morgan fingerprint density at radius 2 is 2.05 bits per heavy atom. The summed E-state index contributed by atoms with van der Waals surface area (Å²) in [6, 6.07) is 4.36. The van der Waals surface area contributed by atoms with Crippen LogP contribution in [0.5, 0.6) is 5.75 Å². The zero-order valence-electron chi connectivity index (χ0n) is 12.7. The van der Waals surface area contributed by atoms with Crippen molar-refractivity contribution >= 4 is 15.7 Å². The number of benzene rings is 1. The molecule has 0 aliphatic rings. The lowest BCUT2D eigenvalue weighted by Gasteiger charge is -2.26. The average Bonchev–Trinajstić information content (AvgIpc) is 2.40. The highest BCUT2D eigenvalue weighted by Crippen LogP contribution is 2.30. The SMILES string of the molecule is CCOc1ccc(N)cc1S(=O)(=O)N(CCCO)C(C)C. The molecule has 0 saturated carbocycles. The Labute approximate surface area is 126 Å². The molecule has 7 heteroatoms. The number of aliphatic hydroxyl groups is 1. The lowest BCUT2D eigenvalue weighted by Crippen LogP contribution is -2.38. The number of rotatable bonds is 8. The van der Waals surface area contributed by atoms with Crippen LogP contribution in [0.3, 0.4) is 0 Å². The van der Waals surface area contributed by atoms with Crippen LogP contribution in [0.15, 0.2) is 23.1 Å². The first-order valence-corrected chi connectivity index (χ1v) is 8.43. The first-order valence-electron chi connectivity index (χ1n) is 6.99. The van der Waals surface area contributed by atoms with E-state index in [1.54, 1.807) is 32.9 Å². The summed E-state index contributed by atoms with van der Waals surface area (Å²) in [5, 5.41) is 8.95. The predicted molar refractivity (Wildman–Crippen MR) is 82.8 cm³/mol. The third kappa shape index (κ3) is 4.33. The molecule has 21 heavy (non-hydrogen) atoms. The van der Waals surface area contributed by atoms with E-state index < -0.39 is 10.0 Å². The fourth-order valence-corrected chi connectivity index (χ4v) is 3.85. The van der Waals surface area contributed by atoms with Crippen molar-refractivity contribution in [2.45, 2.75) is 38.1 Å². The van der Waals surface area contributed by atoms with E-state index in [4.69, 9.17) is 15.6 Å². The van der Waals surface area contributed by atoms with Gasteiger partial charge in [0.2, 0.25) is 10.0 Å².